The van der Waals surface area contributed by atoms with E-state index in [1.807, 2.05) is 20.8 Å². The Balaban J connectivity index is 0. The van der Waals surface area contributed by atoms with Crippen LogP contribution in [-0.4, -0.2) is 71.9 Å². The lowest BCUT2D eigenvalue weighted by atomic mass is 9.95. The highest BCUT2D eigenvalue weighted by atomic mass is 16.6. The second-order valence-corrected chi connectivity index (χ2v) is 6.47. The third-order valence-electron chi connectivity index (χ3n) is 3.61. The summed E-state index contributed by atoms with van der Waals surface area (Å²) in [6.07, 6.45) is 3.23. The first kappa shape index (κ1) is 29.5. The average Bonchev–Trinajstić information content (AvgIpc) is 2.68. The first-order chi connectivity index (χ1) is 13.8. The number of aliphatic hydroxyl groups is 3. The third-order valence-corrected chi connectivity index (χ3v) is 3.61. The summed E-state index contributed by atoms with van der Waals surface area (Å²) in [6.45, 7) is 6.10. The summed E-state index contributed by atoms with van der Waals surface area (Å²) in [7, 11) is 0. The SMILES string of the molecule is CCCCOC(=O)CC(O)(CC(=O)OCCCC)C(=O)OCCCC.OCCO. The molecule has 3 N–H and O–H groups in total. The largest absolute Gasteiger partial charge is 0.466 e. The van der Waals surface area contributed by atoms with Crippen LogP contribution in [0.5, 0.6) is 0 Å². The fourth-order valence-corrected chi connectivity index (χ4v) is 1.89. The van der Waals surface area contributed by atoms with Crippen molar-refractivity contribution in [2.75, 3.05) is 33.0 Å². The molecule has 0 bridgehead atoms. The van der Waals surface area contributed by atoms with E-state index in [0.717, 1.165) is 19.3 Å². The van der Waals surface area contributed by atoms with Gasteiger partial charge >= 0.3 is 17.9 Å². The zero-order chi connectivity index (χ0) is 22.5. The Kier molecular flexibility index (Phi) is 19.9. The van der Waals surface area contributed by atoms with Crippen molar-refractivity contribution in [3.63, 3.8) is 0 Å². The van der Waals surface area contributed by atoms with E-state index < -0.39 is 36.4 Å². The Hall–Kier alpha value is -1.71. The molecule has 172 valence electrons. The maximum Gasteiger partial charge on any atom is 0.339 e. The summed E-state index contributed by atoms with van der Waals surface area (Å²) >= 11 is 0. The van der Waals surface area contributed by atoms with E-state index >= 15 is 0 Å². The number of unbranched alkanes of at least 4 members (excludes halogenated alkanes) is 3. The number of esters is 3. The lowest BCUT2D eigenvalue weighted by Crippen LogP contribution is -2.45. The average molecular weight is 423 g/mol. The van der Waals surface area contributed by atoms with Crippen LogP contribution in [0.2, 0.25) is 0 Å². The van der Waals surface area contributed by atoms with Crippen LogP contribution in [0, 0.1) is 0 Å². The summed E-state index contributed by atoms with van der Waals surface area (Å²) in [5.74, 6) is -2.49. The number of hydrogen-bond acceptors (Lipinski definition) is 9. The zero-order valence-corrected chi connectivity index (χ0v) is 18.0. The van der Waals surface area contributed by atoms with Gasteiger partial charge in [0.05, 0.1) is 45.9 Å². The van der Waals surface area contributed by atoms with Gasteiger partial charge in [-0.3, -0.25) is 9.59 Å². The third kappa shape index (κ3) is 16.9. The minimum absolute atomic E-state index is 0.118. The molecule has 0 aromatic carbocycles. The van der Waals surface area contributed by atoms with Gasteiger partial charge in [0, 0.05) is 0 Å². The number of ether oxygens (including phenoxy) is 3. The van der Waals surface area contributed by atoms with Gasteiger partial charge in [-0.25, -0.2) is 4.79 Å². The van der Waals surface area contributed by atoms with Crippen LogP contribution in [0.15, 0.2) is 0 Å². The van der Waals surface area contributed by atoms with Crippen molar-refractivity contribution >= 4 is 17.9 Å². The van der Waals surface area contributed by atoms with Crippen molar-refractivity contribution in [3.8, 4) is 0 Å². The summed E-state index contributed by atoms with van der Waals surface area (Å²) in [5.41, 5.74) is -2.26. The van der Waals surface area contributed by atoms with E-state index in [-0.39, 0.29) is 33.0 Å². The molecule has 0 radical (unpaired) electrons. The lowest BCUT2D eigenvalue weighted by Gasteiger charge is -2.24. The molecule has 0 atom stereocenters. The second kappa shape index (κ2) is 19.6. The minimum atomic E-state index is -2.26. The highest BCUT2D eigenvalue weighted by molar-refractivity contribution is 5.90. The summed E-state index contributed by atoms with van der Waals surface area (Å²) in [5, 5.41) is 25.8. The second-order valence-electron chi connectivity index (χ2n) is 6.47. The van der Waals surface area contributed by atoms with Crippen LogP contribution in [0.3, 0.4) is 0 Å². The Labute approximate surface area is 173 Å². The van der Waals surface area contributed by atoms with Crippen LogP contribution in [0.4, 0.5) is 0 Å². The fourth-order valence-electron chi connectivity index (χ4n) is 1.89. The van der Waals surface area contributed by atoms with Gasteiger partial charge in [-0.15, -0.1) is 0 Å². The number of rotatable bonds is 15. The molecule has 0 aromatic rings. The monoisotopic (exact) mass is 422 g/mol. The zero-order valence-electron chi connectivity index (χ0n) is 18.0. The van der Waals surface area contributed by atoms with Crippen molar-refractivity contribution < 1.29 is 43.9 Å². The molecule has 0 saturated heterocycles. The number of carbonyl (C=O) groups excluding carboxylic acids is 3. The molecule has 0 aromatic heterocycles. The molecule has 0 amide bonds. The molecule has 29 heavy (non-hydrogen) atoms. The molecular weight excluding hydrogens is 384 g/mol. The topological polar surface area (TPSA) is 140 Å². The Morgan fingerprint density at radius 2 is 1.03 bits per heavy atom. The maximum absolute atomic E-state index is 12.2. The smallest absolute Gasteiger partial charge is 0.339 e. The molecule has 0 unspecified atom stereocenters. The van der Waals surface area contributed by atoms with E-state index in [0.29, 0.717) is 19.3 Å². The molecule has 0 aliphatic rings. The van der Waals surface area contributed by atoms with Gasteiger partial charge in [0.1, 0.15) is 0 Å². The number of carbonyl (C=O) groups is 3. The first-order valence-electron chi connectivity index (χ1n) is 10.2. The van der Waals surface area contributed by atoms with Crippen molar-refractivity contribution in [2.24, 2.45) is 0 Å². The quantitative estimate of drug-likeness (QED) is 0.203. The van der Waals surface area contributed by atoms with Crippen LogP contribution < -0.4 is 0 Å². The molecule has 0 fully saturated rings. The maximum atomic E-state index is 12.2. The highest BCUT2D eigenvalue weighted by Gasteiger charge is 2.43. The normalized spacial score (nSPS) is 10.6. The van der Waals surface area contributed by atoms with E-state index in [9.17, 15) is 19.5 Å². The van der Waals surface area contributed by atoms with Gasteiger partial charge in [-0.05, 0) is 19.3 Å². The van der Waals surface area contributed by atoms with Gasteiger partial charge < -0.3 is 29.5 Å². The van der Waals surface area contributed by atoms with Crippen LogP contribution in [0.1, 0.15) is 72.1 Å². The Morgan fingerprint density at radius 3 is 1.34 bits per heavy atom. The fraction of sp³-hybridized carbons (Fsp3) is 0.850. The van der Waals surface area contributed by atoms with E-state index in [2.05, 4.69) is 0 Å². The molecular formula is C20H38O9. The molecule has 0 aliphatic heterocycles. The molecule has 0 rings (SSSR count). The minimum Gasteiger partial charge on any atom is -0.466 e. The van der Waals surface area contributed by atoms with Crippen molar-refractivity contribution in [1.29, 1.82) is 0 Å². The van der Waals surface area contributed by atoms with Crippen molar-refractivity contribution in [1.82, 2.24) is 0 Å². The number of hydrogen-bond donors (Lipinski definition) is 3. The predicted molar refractivity (Wildman–Crippen MR) is 106 cm³/mol. The van der Waals surface area contributed by atoms with Gasteiger partial charge in [-0.1, -0.05) is 40.0 Å². The van der Waals surface area contributed by atoms with Crippen LogP contribution >= 0.6 is 0 Å². The molecule has 9 nitrogen and oxygen atoms in total. The summed E-state index contributed by atoms with van der Waals surface area (Å²) in [6, 6.07) is 0. The van der Waals surface area contributed by atoms with Gasteiger partial charge in [0.2, 0.25) is 0 Å². The first-order valence-corrected chi connectivity index (χ1v) is 10.2. The Morgan fingerprint density at radius 1 is 0.690 bits per heavy atom. The highest BCUT2D eigenvalue weighted by Crippen LogP contribution is 2.20. The van der Waals surface area contributed by atoms with E-state index in [4.69, 9.17) is 24.4 Å². The van der Waals surface area contributed by atoms with E-state index in [1.165, 1.54) is 0 Å². The van der Waals surface area contributed by atoms with Gasteiger partial charge in [0.25, 0.3) is 0 Å². The van der Waals surface area contributed by atoms with Crippen LogP contribution in [0.25, 0.3) is 0 Å². The lowest BCUT2D eigenvalue weighted by molar-refractivity contribution is -0.178. The molecule has 0 saturated carbocycles. The van der Waals surface area contributed by atoms with Gasteiger partial charge in [-0.2, -0.15) is 0 Å². The van der Waals surface area contributed by atoms with Crippen LogP contribution in [-0.2, 0) is 28.6 Å². The number of aliphatic hydroxyl groups excluding tert-OH is 2. The predicted octanol–water partition coefficient (Wildman–Crippen LogP) is 1.50. The molecule has 0 spiro atoms. The standard InChI is InChI=1S/C18H32O7.C2H6O2/c1-4-7-10-23-15(19)13-18(22,17(21)25-12-9-6-3)14-16(20)24-11-8-5-2;3-1-2-4/h22H,4-14H2,1-3H3;3-4H,1-2H2. The molecule has 0 heterocycles. The van der Waals surface area contributed by atoms with Crippen molar-refractivity contribution in [2.45, 2.75) is 77.7 Å². The molecule has 0 aliphatic carbocycles. The summed E-state index contributed by atoms with van der Waals surface area (Å²) < 4.78 is 14.9. The molecule has 9 heteroatoms. The summed E-state index contributed by atoms with van der Waals surface area (Å²) in [4.78, 5) is 35.9. The van der Waals surface area contributed by atoms with E-state index in [1.54, 1.807) is 0 Å². The van der Waals surface area contributed by atoms with Gasteiger partial charge in [0.15, 0.2) is 5.60 Å². The Bertz CT molecular complexity index is 412. The van der Waals surface area contributed by atoms with Crippen molar-refractivity contribution in [3.05, 3.63) is 0 Å².